The maximum atomic E-state index is 12.2. The number of sulfonamides is 1. The molecule has 0 N–H and O–H groups in total. The Bertz CT molecular complexity index is 1140. The molecule has 0 bridgehead atoms. The standard InChI is InChI=1S/C19H22ClN5O3S2/c1-23(2)30(26,27)17-10-9-14(28-17)13-29-19-22-21-18(24-11-5-6-12-24)25(19)16-8-4-3-7-15(16)20/h3-4,7-10H,5-6,11-13H2,1-2H3. The topological polar surface area (TPSA) is 84.5 Å². The van der Waals surface area contributed by atoms with Crippen molar-refractivity contribution in [2.24, 2.45) is 0 Å². The molecule has 11 heteroatoms. The highest BCUT2D eigenvalue weighted by Gasteiger charge is 2.25. The minimum Gasteiger partial charge on any atom is -0.447 e. The molecule has 3 aromatic rings. The quantitative estimate of drug-likeness (QED) is 0.490. The maximum absolute atomic E-state index is 12.2. The van der Waals surface area contributed by atoms with Gasteiger partial charge in [0, 0.05) is 27.2 Å². The summed E-state index contributed by atoms with van der Waals surface area (Å²) in [6, 6.07) is 10.7. The molecule has 0 saturated carbocycles. The molecule has 8 nitrogen and oxygen atoms in total. The van der Waals surface area contributed by atoms with Gasteiger partial charge in [-0.15, -0.1) is 10.2 Å². The molecule has 0 aliphatic carbocycles. The highest BCUT2D eigenvalue weighted by atomic mass is 35.5. The Morgan fingerprint density at radius 2 is 1.87 bits per heavy atom. The Labute approximate surface area is 184 Å². The minimum atomic E-state index is -3.60. The van der Waals surface area contributed by atoms with Crippen molar-refractivity contribution in [2.75, 3.05) is 32.1 Å². The summed E-state index contributed by atoms with van der Waals surface area (Å²) in [5.74, 6) is 1.71. The van der Waals surface area contributed by atoms with Crippen molar-refractivity contribution < 1.29 is 12.8 Å². The molecule has 4 rings (SSSR count). The van der Waals surface area contributed by atoms with E-state index in [1.165, 1.54) is 31.9 Å². The van der Waals surface area contributed by atoms with Crippen molar-refractivity contribution in [2.45, 2.75) is 28.8 Å². The van der Waals surface area contributed by atoms with E-state index in [4.69, 9.17) is 16.0 Å². The van der Waals surface area contributed by atoms with E-state index in [-0.39, 0.29) is 5.09 Å². The summed E-state index contributed by atoms with van der Waals surface area (Å²) in [6.07, 6.45) is 2.24. The second-order valence-electron chi connectivity index (χ2n) is 7.06. The maximum Gasteiger partial charge on any atom is 0.275 e. The largest absolute Gasteiger partial charge is 0.447 e. The van der Waals surface area contributed by atoms with Crippen molar-refractivity contribution in [3.8, 4) is 5.69 Å². The van der Waals surface area contributed by atoms with Crippen LogP contribution in [-0.2, 0) is 15.8 Å². The molecule has 30 heavy (non-hydrogen) atoms. The summed E-state index contributed by atoms with van der Waals surface area (Å²) in [4.78, 5) is 2.20. The van der Waals surface area contributed by atoms with Gasteiger partial charge >= 0.3 is 0 Å². The first-order valence-corrected chi connectivity index (χ1v) is 12.3. The number of furan rings is 1. The van der Waals surface area contributed by atoms with Crippen molar-refractivity contribution >= 4 is 39.3 Å². The SMILES string of the molecule is CN(C)S(=O)(=O)c1ccc(CSc2nnc(N3CCCC3)n2-c2ccccc2Cl)o1. The zero-order valence-corrected chi connectivity index (χ0v) is 19.0. The van der Waals surface area contributed by atoms with Crippen LogP contribution < -0.4 is 4.90 Å². The molecule has 3 heterocycles. The van der Waals surface area contributed by atoms with Crippen molar-refractivity contribution in [1.29, 1.82) is 0 Å². The van der Waals surface area contributed by atoms with Gasteiger partial charge in [0.1, 0.15) is 5.76 Å². The van der Waals surface area contributed by atoms with Crippen LogP contribution in [0, 0.1) is 0 Å². The normalized spacial score (nSPS) is 14.7. The number of anilines is 1. The van der Waals surface area contributed by atoms with E-state index in [0.717, 1.165) is 41.9 Å². The van der Waals surface area contributed by atoms with Gasteiger partial charge in [0.05, 0.1) is 16.5 Å². The first kappa shape index (κ1) is 21.2. The van der Waals surface area contributed by atoms with Gasteiger partial charge < -0.3 is 9.32 Å². The number of rotatable bonds is 7. The Morgan fingerprint density at radius 3 is 2.57 bits per heavy atom. The third-order valence-electron chi connectivity index (χ3n) is 4.81. The lowest BCUT2D eigenvalue weighted by atomic mass is 10.3. The molecule has 1 aliphatic heterocycles. The van der Waals surface area contributed by atoms with Crippen LogP contribution in [0.3, 0.4) is 0 Å². The van der Waals surface area contributed by atoms with Crippen LogP contribution in [0.2, 0.25) is 5.02 Å². The number of hydrogen-bond acceptors (Lipinski definition) is 7. The highest BCUT2D eigenvalue weighted by Crippen LogP contribution is 2.33. The van der Waals surface area contributed by atoms with Gasteiger partial charge in [-0.1, -0.05) is 35.5 Å². The summed E-state index contributed by atoms with van der Waals surface area (Å²) < 4.78 is 33.1. The average Bonchev–Trinajstić information content (AvgIpc) is 3.46. The van der Waals surface area contributed by atoms with Crippen molar-refractivity contribution in [1.82, 2.24) is 19.1 Å². The lowest BCUT2D eigenvalue weighted by molar-refractivity contribution is 0.408. The molecule has 0 radical (unpaired) electrons. The molecule has 1 fully saturated rings. The minimum absolute atomic E-state index is 0.0755. The fourth-order valence-corrected chi connectivity index (χ4v) is 5.08. The molecule has 1 aromatic carbocycles. The molecular weight excluding hydrogens is 446 g/mol. The van der Waals surface area contributed by atoms with E-state index in [9.17, 15) is 8.42 Å². The lowest BCUT2D eigenvalue weighted by Gasteiger charge is -2.19. The van der Waals surface area contributed by atoms with Gasteiger partial charge in [-0.05, 0) is 37.1 Å². The zero-order chi connectivity index (χ0) is 21.3. The van der Waals surface area contributed by atoms with Crippen LogP contribution >= 0.6 is 23.4 Å². The Balaban J connectivity index is 1.62. The van der Waals surface area contributed by atoms with Crippen molar-refractivity contribution in [3.63, 3.8) is 0 Å². The smallest absolute Gasteiger partial charge is 0.275 e. The van der Waals surface area contributed by atoms with E-state index in [2.05, 4.69) is 15.1 Å². The third kappa shape index (κ3) is 4.09. The van der Waals surface area contributed by atoms with Crippen molar-refractivity contribution in [3.05, 3.63) is 47.2 Å². The van der Waals surface area contributed by atoms with Gasteiger partial charge in [0.15, 0.2) is 5.16 Å². The lowest BCUT2D eigenvalue weighted by Crippen LogP contribution is -2.22. The van der Waals surface area contributed by atoms with E-state index in [1.807, 2.05) is 28.8 Å². The molecule has 0 unspecified atom stereocenters. The second-order valence-corrected chi connectivity index (χ2v) is 10.5. The summed E-state index contributed by atoms with van der Waals surface area (Å²) in [5.41, 5.74) is 0.809. The second kappa shape index (κ2) is 8.62. The summed E-state index contributed by atoms with van der Waals surface area (Å²) in [5, 5.41) is 10.0. The summed E-state index contributed by atoms with van der Waals surface area (Å²) in [7, 11) is -0.662. The Kier molecular flexibility index (Phi) is 6.10. The van der Waals surface area contributed by atoms with Gasteiger partial charge in [0.2, 0.25) is 11.0 Å². The zero-order valence-electron chi connectivity index (χ0n) is 16.7. The predicted molar refractivity (Wildman–Crippen MR) is 117 cm³/mol. The first-order valence-electron chi connectivity index (χ1n) is 9.47. The van der Waals surface area contributed by atoms with Crippen LogP contribution in [0.25, 0.3) is 5.69 Å². The fraction of sp³-hybridized carbons (Fsp3) is 0.368. The number of nitrogens with zero attached hydrogens (tertiary/aromatic N) is 5. The number of aromatic nitrogens is 3. The van der Waals surface area contributed by atoms with Gasteiger partial charge in [0.25, 0.3) is 10.0 Å². The molecule has 2 aromatic heterocycles. The summed E-state index contributed by atoms with van der Waals surface area (Å²) in [6.45, 7) is 1.86. The van der Waals surface area contributed by atoms with E-state index in [1.54, 1.807) is 6.07 Å². The van der Waals surface area contributed by atoms with Gasteiger partial charge in [-0.2, -0.15) is 0 Å². The predicted octanol–water partition coefficient (Wildman–Crippen LogP) is 3.66. The number of hydrogen-bond donors (Lipinski definition) is 0. The average molecular weight is 468 g/mol. The van der Waals surface area contributed by atoms with E-state index in [0.29, 0.717) is 21.7 Å². The number of thioether (sulfide) groups is 1. The molecule has 160 valence electrons. The first-order chi connectivity index (χ1) is 14.4. The highest BCUT2D eigenvalue weighted by molar-refractivity contribution is 7.98. The summed E-state index contributed by atoms with van der Waals surface area (Å²) >= 11 is 7.89. The Hall–Kier alpha value is -2.01. The molecule has 0 amide bonds. The monoisotopic (exact) mass is 467 g/mol. The van der Waals surface area contributed by atoms with Crippen LogP contribution in [0.4, 0.5) is 5.95 Å². The number of para-hydroxylation sites is 1. The number of halogens is 1. The molecule has 0 spiro atoms. The van der Waals surface area contributed by atoms with Crippen LogP contribution in [0.1, 0.15) is 18.6 Å². The van der Waals surface area contributed by atoms with E-state index < -0.39 is 10.0 Å². The fourth-order valence-electron chi connectivity index (χ4n) is 3.21. The Morgan fingerprint density at radius 1 is 1.13 bits per heavy atom. The molecule has 1 saturated heterocycles. The number of benzene rings is 1. The van der Waals surface area contributed by atoms with Gasteiger partial charge in [-0.3, -0.25) is 4.57 Å². The molecular formula is C19H22ClN5O3S2. The van der Waals surface area contributed by atoms with Crippen LogP contribution in [0.5, 0.6) is 0 Å². The van der Waals surface area contributed by atoms with E-state index >= 15 is 0 Å². The molecule has 1 aliphatic rings. The third-order valence-corrected chi connectivity index (χ3v) is 7.77. The van der Waals surface area contributed by atoms with Crippen LogP contribution in [0.15, 0.2) is 51.1 Å². The van der Waals surface area contributed by atoms with Gasteiger partial charge in [-0.25, -0.2) is 12.7 Å². The molecule has 0 atom stereocenters. The van der Waals surface area contributed by atoms with Crippen LogP contribution in [-0.4, -0.2) is 54.7 Å².